The van der Waals surface area contributed by atoms with Crippen LogP contribution in [-0.2, 0) is 12.8 Å². The molecule has 1 aromatic rings. The molecule has 2 aliphatic rings. The van der Waals surface area contributed by atoms with Crippen LogP contribution >= 0.6 is 0 Å². The standard InChI is InChI=1S/C19H27NO/c1-14(2)15-8-10-20(11-9-15)13-19(21)18-7-6-16-4-3-5-17(16)12-18/h6-7,12,14-15H,3-5,8-11,13H2,1-2H3. The molecule has 0 spiro atoms. The first-order valence-corrected chi connectivity index (χ1v) is 8.51. The van der Waals surface area contributed by atoms with E-state index in [1.165, 1.54) is 36.8 Å². The minimum atomic E-state index is 0.299. The van der Waals surface area contributed by atoms with Crippen LogP contribution in [0.1, 0.15) is 54.6 Å². The summed E-state index contributed by atoms with van der Waals surface area (Å²) in [5, 5.41) is 0. The van der Waals surface area contributed by atoms with Gasteiger partial charge in [0.2, 0.25) is 0 Å². The van der Waals surface area contributed by atoms with E-state index in [1.54, 1.807) is 0 Å². The lowest BCUT2D eigenvalue weighted by atomic mass is 9.86. The first-order valence-electron chi connectivity index (χ1n) is 8.51. The Bertz CT molecular complexity index is 512. The molecule has 0 aromatic heterocycles. The van der Waals surface area contributed by atoms with Crippen LogP contribution < -0.4 is 0 Å². The molecule has 1 aliphatic heterocycles. The fourth-order valence-electron chi connectivity index (χ4n) is 3.82. The summed E-state index contributed by atoms with van der Waals surface area (Å²) < 4.78 is 0. The highest BCUT2D eigenvalue weighted by atomic mass is 16.1. The summed E-state index contributed by atoms with van der Waals surface area (Å²) >= 11 is 0. The van der Waals surface area contributed by atoms with Crippen molar-refractivity contribution in [2.45, 2.75) is 46.0 Å². The molecule has 1 saturated heterocycles. The van der Waals surface area contributed by atoms with Crippen LogP contribution in [0.2, 0.25) is 0 Å². The van der Waals surface area contributed by atoms with Crippen molar-refractivity contribution in [1.82, 2.24) is 4.90 Å². The highest BCUT2D eigenvalue weighted by molar-refractivity contribution is 5.97. The molecule has 3 rings (SSSR count). The zero-order chi connectivity index (χ0) is 14.8. The number of nitrogens with zero attached hydrogens (tertiary/aromatic N) is 1. The number of piperidine rings is 1. The van der Waals surface area contributed by atoms with E-state index in [4.69, 9.17) is 0 Å². The molecule has 0 N–H and O–H groups in total. The van der Waals surface area contributed by atoms with E-state index in [2.05, 4.69) is 30.9 Å². The summed E-state index contributed by atoms with van der Waals surface area (Å²) in [6, 6.07) is 6.35. The lowest BCUT2D eigenvalue weighted by Gasteiger charge is -2.33. The Balaban J connectivity index is 1.57. The molecule has 0 saturated carbocycles. The summed E-state index contributed by atoms with van der Waals surface area (Å²) in [7, 11) is 0. The number of carbonyl (C=O) groups excluding carboxylic acids is 1. The number of carbonyl (C=O) groups is 1. The Labute approximate surface area is 128 Å². The molecule has 114 valence electrons. The van der Waals surface area contributed by atoms with Crippen LogP contribution in [0.15, 0.2) is 18.2 Å². The molecule has 1 fully saturated rings. The summed E-state index contributed by atoms with van der Waals surface area (Å²) in [6.07, 6.45) is 6.07. The van der Waals surface area contributed by atoms with Gasteiger partial charge in [-0.05, 0) is 74.2 Å². The van der Waals surface area contributed by atoms with E-state index in [9.17, 15) is 4.79 Å². The van der Waals surface area contributed by atoms with Gasteiger partial charge in [0.05, 0.1) is 6.54 Å². The average molecular weight is 285 g/mol. The molecule has 0 atom stereocenters. The van der Waals surface area contributed by atoms with Crippen LogP contribution in [0.25, 0.3) is 0 Å². The third-order valence-electron chi connectivity index (χ3n) is 5.36. The van der Waals surface area contributed by atoms with Gasteiger partial charge >= 0.3 is 0 Å². The Morgan fingerprint density at radius 3 is 2.62 bits per heavy atom. The minimum absolute atomic E-state index is 0.299. The van der Waals surface area contributed by atoms with Crippen molar-refractivity contribution in [1.29, 1.82) is 0 Å². The summed E-state index contributed by atoms with van der Waals surface area (Å²) in [5.74, 6) is 1.92. The highest BCUT2D eigenvalue weighted by Gasteiger charge is 2.23. The van der Waals surface area contributed by atoms with Gasteiger partial charge in [-0.15, -0.1) is 0 Å². The average Bonchev–Trinajstić information content (AvgIpc) is 2.95. The van der Waals surface area contributed by atoms with E-state index >= 15 is 0 Å². The molecule has 1 heterocycles. The van der Waals surface area contributed by atoms with Crippen molar-refractivity contribution in [3.8, 4) is 0 Å². The molecule has 1 aliphatic carbocycles. The number of hydrogen-bond acceptors (Lipinski definition) is 2. The SMILES string of the molecule is CC(C)C1CCN(CC(=O)c2ccc3c(c2)CCC3)CC1. The van der Waals surface area contributed by atoms with Gasteiger partial charge in [0.15, 0.2) is 5.78 Å². The molecule has 2 nitrogen and oxygen atoms in total. The largest absolute Gasteiger partial charge is 0.296 e. The van der Waals surface area contributed by atoms with Crippen LogP contribution in [-0.4, -0.2) is 30.3 Å². The predicted octanol–water partition coefficient (Wildman–Crippen LogP) is 3.73. The zero-order valence-electron chi connectivity index (χ0n) is 13.4. The second-order valence-electron chi connectivity index (χ2n) is 7.12. The maximum absolute atomic E-state index is 12.5. The number of ketones is 1. The fraction of sp³-hybridized carbons (Fsp3) is 0.632. The molecule has 0 unspecified atom stereocenters. The Morgan fingerprint density at radius 2 is 1.90 bits per heavy atom. The van der Waals surface area contributed by atoms with Gasteiger partial charge in [-0.2, -0.15) is 0 Å². The monoisotopic (exact) mass is 285 g/mol. The normalized spacial score (nSPS) is 20.0. The van der Waals surface area contributed by atoms with E-state index in [0.717, 1.165) is 36.9 Å². The first-order chi connectivity index (χ1) is 10.1. The smallest absolute Gasteiger partial charge is 0.176 e. The van der Waals surface area contributed by atoms with Crippen molar-refractivity contribution in [2.75, 3.05) is 19.6 Å². The number of Topliss-reactive ketones (excluding diaryl/α,β-unsaturated/α-hetero) is 1. The third kappa shape index (κ3) is 3.37. The van der Waals surface area contributed by atoms with E-state index < -0.39 is 0 Å². The van der Waals surface area contributed by atoms with Gasteiger partial charge in [0, 0.05) is 5.56 Å². The Kier molecular flexibility index (Phi) is 4.44. The molecule has 0 radical (unpaired) electrons. The molecule has 0 amide bonds. The Hall–Kier alpha value is -1.15. The van der Waals surface area contributed by atoms with Gasteiger partial charge in [0.1, 0.15) is 0 Å². The number of aryl methyl sites for hydroxylation is 2. The third-order valence-corrected chi connectivity index (χ3v) is 5.36. The van der Waals surface area contributed by atoms with Crippen LogP contribution in [0.3, 0.4) is 0 Å². The van der Waals surface area contributed by atoms with Gasteiger partial charge in [-0.3, -0.25) is 9.69 Å². The van der Waals surface area contributed by atoms with Crippen LogP contribution in [0.5, 0.6) is 0 Å². The topological polar surface area (TPSA) is 20.3 Å². The summed E-state index contributed by atoms with van der Waals surface area (Å²) in [5.41, 5.74) is 3.77. The molecule has 21 heavy (non-hydrogen) atoms. The number of likely N-dealkylation sites (tertiary alicyclic amines) is 1. The molecule has 0 bridgehead atoms. The maximum atomic E-state index is 12.5. The number of rotatable bonds is 4. The first kappa shape index (κ1) is 14.8. The molecular formula is C19H27NO. The second-order valence-corrected chi connectivity index (χ2v) is 7.12. The number of benzene rings is 1. The lowest BCUT2D eigenvalue weighted by molar-refractivity contribution is 0.0880. The van der Waals surface area contributed by atoms with Crippen LogP contribution in [0.4, 0.5) is 0 Å². The van der Waals surface area contributed by atoms with Crippen molar-refractivity contribution in [3.63, 3.8) is 0 Å². The van der Waals surface area contributed by atoms with E-state index in [0.29, 0.717) is 12.3 Å². The van der Waals surface area contributed by atoms with Crippen LogP contribution in [0, 0.1) is 11.8 Å². The van der Waals surface area contributed by atoms with Crippen molar-refractivity contribution < 1.29 is 4.79 Å². The minimum Gasteiger partial charge on any atom is -0.296 e. The van der Waals surface area contributed by atoms with Gasteiger partial charge in [0.25, 0.3) is 0 Å². The molecular weight excluding hydrogens is 258 g/mol. The summed E-state index contributed by atoms with van der Waals surface area (Å²) in [6.45, 7) is 7.40. The number of fused-ring (bicyclic) bond motifs is 1. The van der Waals surface area contributed by atoms with Crippen molar-refractivity contribution in [2.24, 2.45) is 11.8 Å². The van der Waals surface area contributed by atoms with Gasteiger partial charge in [-0.25, -0.2) is 0 Å². The van der Waals surface area contributed by atoms with E-state index in [-0.39, 0.29) is 0 Å². The van der Waals surface area contributed by atoms with Gasteiger partial charge in [-0.1, -0.05) is 26.0 Å². The maximum Gasteiger partial charge on any atom is 0.176 e. The Morgan fingerprint density at radius 1 is 1.19 bits per heavy atom. The second kappa shape index (κ2) is 6.31. The molecule has 2 heteroatoms. The molecule has 1 aromatic carbocycles. The van der Waals surface area contributed by atoms with E-state index in [1.807, 2.05) is 6.07 Å². The zero-order valence-corrected chi connectivity index (χ0v) is 13.4. The predicted molar refractivity (Wildman–Crippen MR) is 86.8 cm³/mol. The van der Waals surface area contributed by atoms with Crippen molar-refractivity contribution >= 4 is 5.78 Å². The van der Waals surface area contributed by atoms with Crippen molar-refractivity contribution in [3.05, 3.63) is 34.9 Å². The van der Waals surface area contributed by atoms with Gasteiger partial charge < -0.3 is 0 Å². The highest BCUT2D eigenvalue weighted by Crippen LogP contribution is 2.25. The fourth-order valence-corrected chi connectivity index (χ4v) is 3.82. The quantitative estimate of drug-likeness (QED) is 0.786. The number of hydrogen-bond donors (Lipinski definition) is 0. The summed E-state index contributed by atoms with van der Waals surface area (Å²) in [4.78, 5) is 14.8. The lowest BCUT2D eigenvalue weighted by Crippen LogP contribution is -2.38.